The van der Waals surface area contributed by atoms with Crippen molar-refractivity contribution in [3.05, 3.63) is 40.2 Å². The summed E-state index contributed by atoms with van der Waals surface area (Å²) in [7, 11) is 1.59. The van der Waals surface area contributed by atoms with Crippen LogP contribution in [-0.2, 0) is 16.0 Å². The third-order valence-electron chi connectivity index (χ3n) is 5.17. The quantitative estimate of drug-likeness (QED) is 0.753. The third kappa shape index (κ3) is 3.95. The molecule has 1 aromatic carbocycles. The number of hydrogen-bond donors (Lipinski definition) is 2. The Kier molecular flexibility index (Phi) is 4.93. The lowest BCUT2D eigenvalue weighted by atomic mass is 10.1. The van der Waals surface area contributed by atoms with E-state index in [1.54, 1.807) is 30.2 Å². The van der Waals surface area contributed by atoms with E-state index < -0.39 is 0 Å². The number of amides is 2. The molecule has 4 rings (SSSR count). The normalized spacial score (nSPS) is 19.0. The number of fused-ring (bicyclic) bond motifs is 1. The number of nitrogens with zero attached hydrogens (tertiary/aromatic N) is 1. The monoisotopic (exact) mass is 385 g/mol. The maximum absolute atomic E-state index is 12.2. The van der Waals surface area contributed by atoms with Crippen molar-refractivity contribution in [2.45, 2.75) is 37.8 Å². The van der Waals surface area contributed by atoms with Crippen LogP contribution >= 0.6 is 0 Å². The maximum Gasteiger partial charge on any atom is 0.410 e. The summed E-state index contributed by atoms with van der Waals surface area (Å²) in [5.74, 6) is 0.528. The van der Waals surface area contributed by atoms with Crippen molar-refractivity contribution in [1.82, 2.24) is 15.2 Å². The maximum atomic E-state index is 12.2. The van der Waals surface area contributed by atoms with E-state index in [1.807, 2.05) is 6.07 Å². The summed E-state index contributed by atoms with van der Waals surface area (Å²) in [6.45, 7) is 0.815. The van der Waals surface area contributed by atoms with Crippen LogP contribution in [0.25, 0.3) is 10.9 Å². The van der Waals surface area contributed by atoms with Crippen LogP contribution in [0.2, 0.25) is 0 Å². The molecule has 1 saturated carbocycles. The van der Waals surface area contributed by atoms with E-state index >= 15 is 0 Å². The summed E-state index contributed by atoms with van der Waals surface area (Å²) in [4.78, 5) is 40.7. The van der Waals surface area contributed by atoms with Gasteiger partial charge in [0.15, 0.2) is 0 Å². The highest BCUT2D eigenvalue weighted by atomic mass is 16.6. The van der Waals surface area contributed by atoms with E-state index in [1.165, 1.54) is 0 Å². The molecule has 2 heterocycles. The van der Waals surface area contributed by atoms with E-state index in [0.29, 0.717) is 36.9 Å². The fraction of sp³-hybridized carbons (Fsp3) is 0.450. The third-order valence-corrected chi connectivity index (χ3v) is 5.17. The van der Waals surface area contributed by atoms with Gasteiger partial charge in [-0.3, -0.25) is 9.59 Å². The molecule has 1 aromatic heterocycles. The van der Waals surface area contributed by atoms with Crippen molar-refractivity contribution in [3.8, 4) is 5.75 Å². The van der Waals surface area contributed by atoms with Crippen molar-refractivity contribution in [2.75, 3.05) is 20.2 Å². The van der Waals surface area contributed by atoms with Crippen LogP contribution in [0, 0.1) is 0 Å². The Bertz CT molecular complexity index is 966. The summed E-state index contributed by atoms with van der Waals surface area (Å²) >= 11 is 0. The van der Waals surface area contributed by atoms with Crippen molar-refractivity contribution < 1.29 is 19.1 Å². The number of aromatic amines is 1. The number of H-pyrrole nitrogens is 1. The SMILES string of the molecule is COc1ccc2[nH]c(=O)c(CCC(=O)NCC3CN(C4CC4)C(=O)O3)cc2c1. The number of cyclic esters (lactones) is 1. The predicted octanol–water partition coefficient (Wildman–Crippen LogP) is 1.57. The van der Waals surface area contributed by atoms with Gasteiger partial charge in [0.1, 0.15) is 11.9 Å². The zero-order valence-corrected chi connectivity index (χ0v) is 15.7. The zero-order valence-electron chi connectivity index (χ0n) is 15.7. The first kappa shape index (κ1) is 18.3. The molecule has 28 heavy (non-hydrogen) atoms. The molecule has 2 aromatic rings. The molecule has 148 valence electrons. The Hall–Kier alpha value is -3.03. The number of ether oxygens (including phenoxy) is 2. The van der Waals surface area contributed by atoms with Crippen molar-refractivity contribution in [3.63, 3.8) is 0 Å². The molecule has 8 heteroatoms. The van der Waals surface area contributed by atoms with Gasteiger partial charge < -0.3 is 24.7 Å². The number of hydrogen-bond acceptors (Lipinski definition) is 5. The van der Waals surface area contributed by atoms with Crippen molar-refractivity contribution >= 4 is 22.9 Å². The summed E-state index contributed by atoms with van der Waals surface area (Å²) in [5, 5.41) is 3.65. The molecule has 8 nitrogen and oxygen atoms in total. The highest BCUT2D eigenvalue weighted by Crippen LogP contribution is 2.30. The fourth-order valence-corrected chi connectivity index (χ4v) is 3.44. The van der Waals surface area contributed by atoms with E-state index in [2.05, 4.69) is 10.3 Å². The first-order chi connectivity index (χ1) is 13.5. The summed E-state index contributed by atoms with van der Waals surface area (Å²) in [5.41, 5.74) is 1.07. The predicted molar refractivity (Wildman–Crippen MR) is 102 cm³/mol. The lowest BCUT2D eigenvalue weighted by Crippen LogP contribution is -2.35. The molecule has 1 aliphatic carbocycles. The van der Waals surface area contributed by atoms with Crippen LogP contribution in [0.1, 0.15) is 24.8 Å². The van der Waals surface area contributed by atoms with Crippen LogP contribution in [0.3, 0.4) is 0 Å². The van der Waals surface area contributed by atoms with E-state index in [4.69, 9.17) is 9.47 Å². The average Bonchev–Trinajstić information content (AvgIpc) is 3.46. The first-order valence-electron chi connectivity index (χ1n) is 9.47. The molecule has 0 bridgehead atoms. The zero-order chi connectivity index (χ0) is 19.7. The minimum Gasteiger partial charge on any atom is -0.497 e. The Morgan fingerprint density at radius 1 is 1.32 bits per heavy atom. The second kappa shape index (κ2) is 7.53. The van der Waals surface area contributed by atoms with Gasteiger partial charge in [-0.15, -0.1) is 0 Å². The Labute approximate surface area is 161 Å². The van der Waals surface area contributed by atoms with Gasteiger partial charge in [0.05, 0.1) is 20.2 Å². The Morgan fingerprint density at radius 2 is 2.14 bits per heavy atom. The minimum atomic E-state index is -0.311. The van der Waals surface area contributed by atoms with E-state index in [9.17, 15) is 14.4 Å². The van der Waals surface area contributed by atoms with Crippen LogP contribution in [-0.4, -0.2) is 54.2 Å². The number of benzene rings is 1. The van der Waals surface area contributed by atoms with Gasteiger partial charge in [-0.2, -0.15) is 0 Å². The molecular formula is C20H23N3O5. The second-order valence-electron chi connectivity index (χ2n) is 7.27. The largest absolute Gasteiger partial charge is 0.497 e. The molecular weight excluding hydrogens is 362 g/mol. The number of methoxy groups -OCH3 is 1. The van der Waals surface area contributed by atoms with Crippen LogP contribution in [0.4, 0.5) is 4.79 Å². The summed E-state index contributed by atoms with van der Waals surface area (Å²) < 4.78 is 10.5. The van der Waals surface area contributed by atoms with Gasteiger partial charge in [-0.1, -0.05) is 0 Å². The highest BCUT2D eigenvalue weighted by Gasteiger charge is 2.40. The molecule has 1 saturated heterocycles. The molecule has 2 N–H and O–H groups in total. The van der Waals surface area contributed by atoms with Gasteiger partial charge in [0, 0.05) is 28.9 Å². The number of aromatic nitrogens is 1. The van der Waals surface area contributed by atoms with Crippen LogP contribution in [0.15, 0.2) is 29.1 Å². The van der Waals surface area contributed by atoms with Crippen LogP contribution in [0.5, 0.6) is 5.75 Å². The van der Waals surface area contributed by atoms with E-state index in [0.717, 1.165) is 23.7 Å². The number of carbonyl (C=O) groups excluding carboxylic acids is 2. The van der Waals surface area contributed by atoms with Gasteiger partial charge in [-0.25, -0.2) is 4.79 Å². The second-order valence-corrected chi connectivity index (χ2v) is 7.27. The first-order valence-corrected chi connectivity index (χ1v) is 9.47. The van der Waals surface area contributed by atoms with Gasteiger partial charge in [-0.05, 0) is 43.5 Å². The van der Waals surface area contributed by atoms with Crippen LogP contribution < -0.4 is 15.6 Å². The number of nitrogens with one attached hydrogen (secondary N) is 2. The number of aryl methyl sites for hydroxylation is 1. The summed E-state index contributed by atoms with van der Waals surface area (Å²) in [6.07, 6.45) is 1.97. The topological polar surface area (TPSA) is 101 Å². The molecule has 2 amide bonds. The van der Waals surface area contributed by atoms with Gasteiger partial charge in [0.25, 0.3) is 5.56 Å². The van der Waals surface area contributed by atoms with Crippen molar-refractivity contribution in [2.24, 2.45) is 0 Å². The number of rotatable bonds is 7. The van der Waals surface area contributed by atoms with Crippen molar-refractivity contribution in [1.29, 1.82) is 0 Å². The fourth-order valence-electron chi connectivity index (χ4n) is 3.44. The lowest BCUT2D eigenvalue weighted by Gasteiger charge is -2.11. The highest BCUT2D eigenvalue weighted by molar-refractivity contribution is 5.81. The lowest BCUT2D eigenvalue weighted by molar-refractivity contribution is -0.121. The minimum absolute atomic E-state index is 0.175. The number of carbonyl (C=O) groups is 2. The number of pyridine rings is 1. The van der Waals surface area contributed by atoms with E-state index in [-0.39, 0.29) is 30.1 Å². The molecule has 1 atom stereocenters. The molecule has 1 aliphatic heterocycles. The molecule has 2 aliphatic rings. The molecule has 0 spiro atoms. The average molecular weight is 385 g/mol. The molecule has 1 unspecified atom stereocenters. The Morgan fingerprint density at radius 3 is 2.89 bits per heavy atom. The Balaban J connectivity index is 1.31. The standard InChI is InChI=1S/C20H23N3O5/c1-27-15-5-6-17-13(9-15)8-12(19(25)22-17)2-7-18(24)21-10-16-11-23(14-3-4-14)20(26)28-16/h5-6,8-9,14,16H,2-4,7,10-11H2,1H3,(H,21,24)(H,22,25). The van der Waals surface area contributed by atoms with Gasteiger partial charge >= 0.3 is 6.09 Å². The van der Waals surface area contributed by atoms with Gasteiger partial charge in [0.2, 0.25) is 5.91 Å². The smallest absolute Gasteiger partial charge is 0.410 e. The molecule has 0 radical (unpaired) electrons. The summed E-state index contributed by atoms with van der Waals surface area (Å²) in [6, 6.07) is 7.52. The molecule has 2 fully saturated rings.